The fourth-order valence-corrected chi connectivity index (χ4v) is 3.94. The van der Waals surface area contributed by atoms with Crippen LogP contribution in [0.25, 0.3) is 11.3 Å². The molecular weight excluding hydrogens is 400 g/mol. The second-order valence-corrected chi connectivity index (χ2v) is 7.30. The maximum atomic E-state index is 14.9. The number of benzene rings is 1. The van der Waals surface area contributed by atoms with Crippen LogP contribution in [0.1, 0.15) is 5.56 Å². The summed E-state index contributed by atoms with van der Waals surface area (Å²) in [6.07, 6.45) is 2.29. The molecular formula is C17H16ClF2N3O3S. The van der Waals surface area contributed by atoms with Crippen molar-refractivity contribution in [2.75, 3.05) is 7.05 Å². The van der Waals surface area contributed by atoms with E-state index in [1.165, 1.54) is 42.6 Å². The summed E-state index contributed by atoms with van der Waals surface area (Å²) in [5, 5.41) is 12.1. The third-order valence-corrected chi connectivity index (χ3v) is 5.43. The fraction of sp³-hybridized carbons (Fsp3) is 0.118. The summed E-state index contributed by atoms with van der Waals surface area (Å²) in [5.41, 5.74) is -0.642. The van der Waals surface area contributed by atoms with Crippen LogP contribution in [0.4, 0.5) is 8.78 Å². The topological polar surface area (TPSA) is 84.2 Å². The normalized spacial score (nSPS) is 11.2. The van der Waals surface area contributed by atoms with Gasteiger partial charge < -0.3 is 10.4 Å². The van der Waals surface area contributed by atoms with Crippen LogP contribution in [-0.2, 0) is 16.6 Å². The van der Waals surface area contributed by atoms with E-state index in [2.05, 4.69) is 10.3 Å². The Morgan fingerprint density at radius 2 is 1.85 bits per heavy atom. The summed E-state index contributed by atoms with van der Waals surface area (Å²) in [4.78, 5) is 3.29. The third kappa shape index (κ3) is 3.80. The summed E-state index contributed by atoms with van der Waals surface area (Å²) in [6, 6.07) is 7.41. The number of hydrogen-bond acceptors (Lipinski definition) is 5. The summed E-state index contributed by atoms with van der Waals surface area (Å²) in [5.74, 6) is -1.95. The molecule has 6 nitrogen and oxygen atoms in total. The molecule has 0 unspecified atom stereocenters. The molecule has 0 aliphatic heterocycles. The van der Waals surface area contributed by atoms with Crippen LogP contribution >= 0.6 is 12.4 Å². The maximum Gasteiger partial charge on any atom is 0.268 e. The average Bonchev–Trinajstić information content (AvgIpc) is 2.94. The van der Waals surface area contributed by atoms with Gasteiger partial charge in [0.05, 0.1) is 10.5 Å². The zero-order valence-corrected chi connectivity index (χ0v) is 15.7. The van der Waals surface area contributed by atoms with Crippen molar-refractivity contribution in [1.82, 2.24) is 14.3 Å². The standard InChI is InChI=1S/C17H15F2N3O3S.ClH/c1-20-9-11-10-22(26(24,25)13-6-4-12(23)5-7-13)16(15(11)18)14-3-2-8-21-17(14)19;/h2-8,10,20,23H,9H2,1H3;1H. The van der Waals surface area contributed by atoms with E-state index in [1.807, 2.05) is 0 Å². The van der Waals surface area contributed by atoms with E-state index >= 15 is 0 Å². The summed E-state index contributed by atoms with van der Waals surface area (Å²) in [6.45, 7) is 0.0544. The van der Waals surface area contributed by atoms with Crippen LogP contribution in [0.5, 0.6) is 5.75 Å². The van der Waals surface area contributed by atoms with Crippen molar-refractivity contribution >= 4 is 22.4 Å². The van der Waals surface area contributed by atoms with E-state index in [4.69, 9.17) is 0 Å². The van der Waals surface area contributed by atoms with Crippen molar-refractivity contribution in [2.24, 2.45) is 0 Å². The van der Waals surface area contributed by atoms with Crippen LogP contribution in [0, 0.1) is 11.8 Å². The Hall–Kier alpha value is -2.49. The third-order valence-electron chi connectivity index (χ3n) is 3.76. The molecule has 144 valence electrons. The summed E-state index contributed by atoms with van der Waals surface area (Å²) < 4.78 is 55.7. The Kier molecular flexibility index (Phi) is 6.19. The number of pyridine rings is 1. The molecule has 2 aromatic heterocycles. The van der Waals surface area contributed by atoms with Gasteiger partial charge in [0.2, 0.25) is 5.95 Å². The average molecular weight is 416 g/mol. The molecule has 10 heteroatoms. The lowest BCUT2D eigenvalue weighted by Gasteiger charge is -2.11. The number of aromatic hydroxyl groups is 1. The number of aromatic nitrogens is 2. The first-order valence-electron chi connectivity index (χ1n) is 7.56. The minimum absolute atomic E-state index is 0. The van der Waals surface area contributed by atoms with Gasteiger partial charge in [0, 0.05) is 24.5 Å². The minimum atomic E-state index is -4.23. The first-order chi connectivity index (χ1) is 12.4. The summed E-state index contributed by atoms with van der Waals surface area (Å²) >= 11 is 0. The number of phenolic OH excluding ortho intramolecular Hbond substituents is 1. The molecule has 0 aliphatic carbocycles. The molecule has 0 saturated carbocycles. The van der Waals surface area contributed by atoms with Gasteiger partial charge in [0.15, 0.2) is 5.82 Å². The molecule has 0 fully saturated rings. The van der Waals surface area contributed by atoms with Gasteiger partial charge in [-0.05, 0) is 43.4 Å². The number of hydrogen-bond donors (Lipinski definition) is 2. The van der Waals surface area contributed by atoms with Gasteiger partial charge in [-0.2, -0.15) is 4.39 Å². The van der Waals surface area contributed by atoms with Gasteiger partial charge in [-0.25, -0.2) is 21.8 Å². The Bertz CT molecular complexity index is 1050. The predicted octanol–water partition coefficient (Wildman–Crippen LogP) is 2.91. The minimum Gasteiger partial charge on any atom is -0.508 e. The number of rotatable bonds is 5. The van der Waals surface area contributed by atoms with Gasteiger partial charge >= 0.3 is 0 Å². The molecule has 27 heavy (non-hydrogen) atoms. The van der Waals surface area contributed by atoms with Crippen LogP contribution in [-0.4, -0.2) is 29.5 Å². The number of halogens is 3. The maximum absolute atomic E-state index is 14.9. The molecule has 0 aliphatic rings. The largest absolute Gasteiger partial charge is 0.508 e. The molecule has 0 amide bonds. The van der Waals surface area contributed by atoms with Gasteiger partial charge in [0.25, 0.3) is 10.0 Å². The van der Waals surface area contributed by atoms with Gasteiger partial charge in [0.1, 0.15) is 11.4 Å². The van der Waals surface area contributed by atoms with Crippen molar-refractivity contribution in [3.63, 3.8) is 0 Å². The van der Waals surface area contributed by atoms with E-state index in [0.29, 0.717) is 3.97 Å². The zero-order valence-electron chi connectivity index (χ0n) is 14.1. The Morgan fingerprint density at radius 3 is 2.44 bits per heavy atom. The molecule has 3 aromatic rings. The monoisotopic (exact) mass is 415 g/mol. The lowest BCUT2D eigenvalue weighted by atomic mass is 10.2. The van der Waals surface area contributed by atoms with Crippen molar-refractivity contribution in [3.8, 4) is 17.0 Å². The van der Waals surface area contributed by atoms with E-state index in [9.17, 15) is 22.3 Å². The van der Waals surface area contributed by atoms with E-state index in [0.717, 1.165) is 6.20 Å². The Labute approximate surface area is 161 Å². The van der Waals surface area contributed by atoms with Crippen molar-refractivity contribution in [2.45, 2.75) is 11.4 Å². The number of nitrogens with zero attached hydrogens (tertiary/aromatic N) is 2. The first kappa shape index (κ1) is 20.8. The van der Waals surface area contributed by atoms with Gasteiger partial charge in [-0.3, -0.25) is 0 Å². The summed E-state index contributed by atoms with van der Waals surface area (Å²) in [7, 11) is -2.65. The SMILES string of the molecule is CNCc1cn(S(=O)(=O)c2ccc(O)cc2)c(-c2cccnc2F)c1F.Cl. The van der Waals surface area contributed by atoms with Crippen LogP contribution < -0.4 is 5.32 Å². The van der Waals surface area contributed by atoms with Crippen molar-refractivity contribution < 1.29 is 22.3 Å². The Morgan fingerprint density at radius 1 is 1.19 bits per heavy atom. The second kappa shape index (κ2) is 8.03. The zero-order chi connectivity index (χ0) is 18.9. The van der Waals surface area contributed by atoms with Crippen LogP contribution in [0.15, 0.2) is 53.7 Å². The van der Waals surface area contributed by atoms with Crippen LogP contribution in [0.2, 0.25) is 0 Å². The van der Waals surface area contributed by atoms with Crippen LogP contribution in [0.3, 0.4) is 0 Å². The van der Waals surface area contributed by atoms with Gasteiger partial charge in [-0.1, -0.05) is 0 Å². The highest BCUT2D eigenvalue weighted by molar-refractivity contribution is 7.90. The molecule has 0 radical (unpaired) electrons. The fourth-order valence-electron chi connectivity index (χ4n) is 2.55. The highest BCUT2D eigenvalue weighted by Crippen LogP contribution is 2.32. The molecule has 0 saturated heterocycles. The molecule has 2 heterocycles. The number of phenols is 1. The van der Waals surface area contributed by atoms with E-state index in [1.54, 1.807) is 7.05 Å². The molecule has 1 aromatic carbocycles. The van der Waals surface area contributed by atoms with Crippen molar-refractivity contribution in [1.29, 1.82) is 0 Å². The highest BCUT2D eigenvalue weighted by Gasteiger charge is 2.28. The van der Waals surface area contributed by atoms with E-state index in [-0.39, 0.29) is 40.7 Å². The Balaban J connectivity index is 0.00000261. The predicted molar refractivity (Wildman–Crippen MR) is 98.3 cm³/mol. The molecule has 0 bridgehead atoms. The second-order valence-electron chi connectivity index (χ2n) is 5.48. The smallest absolute Gasteiger partial charge is 0.268 e. The lowest BCUT2D eigenvalue weighted by molar-refractivity contribution is 0.474. The molecule has 0 spiro atoms. The highest BCUT2D eigenvalue weighted by atomic mass is 35.5. The molecule has 2 N–H and O–H groups in total. The van der Waals surface area contributed by atoms with Gasteiger partial charge in [-0.15, -0.1) is 12.4 Å². The first-order valence-corrected chi connectivity index (χ1v) is 9.00. The number of nitrogens with one attached hydrogen (secondary N) is 1. The molecule has 3 rings (SSSR count). The quantitative estimate of drug-likeness (QED) is 0.626. The lowest BCUT2D eigenvalue weighted by Crippen LogP contribution is -2.14. The van der Waals surface area contributed by atoms with E-state index < -0.39 is 27.5 Å². The van der Waals surface area contributed by atoms with Crippen molar-refractivity contribution in [3.05, 3.63) is 66.1 Å². The molecule has 0 atom stereocenters.